The van der Waals surface area contributed by atoms with Crippen molar-refractivity contribution in [1.82, 2.24) is 34.7 Å². The van der Waals surface area contributed by atoms with Crippen LogP contribution in [0.3, 0.4) is 0 Å². The van der Waals surface area contributed by atoms with Crippen molar-refractivity contribution in [3.63, 3.8) is 0 Å². The van der Waals surface area contributed by atoms with E-state index in [1.165, 1.54) is 11.8 Å². The Labute approximate surface area is 188 Å². The fourth-order valence-electron chi connectivity index (χ4n) is 3.30. The van der Waals surface area contributed by atoms with Gasteiger partial charge in [-0.1, -0.05) is 18.2 Å². The summed E-state index contributed by atoms with van der Waals surface area (Å²) in [6.07, 6.45) is 6.97. The third-order valence-corrected chi connectivity index (χ3v) is 5.86. The predicted octanol–water partition coefficient (Wildman–Crippen LogP) is 4.14. The zero-order valence-corrected chi connectivity index (χ0v) is 18.1. The highest BCUT2D eigenvalue weighted by molar-refractivity contribution is 7.99. The number of ether oxygens (including phenoxy) is 1. The number of pyridine rings is 2. The Morgan fingerprint density at radius 2 is 1.56 bits per heavy atom. The largest absolute Gasteiger partial charge is 0.383 e. The van der Waals surface area contributed by atoms with Crippen molar-refractivity contribution in [2.45, 2.75) is 16.7 Å². The molecular formula is C23H19N7OS. The van der Waals surface area contributed by atoms with Crippen LogP contribution in [0.1, 0.15) is 0 Å². The molecule has 8 nitrogen and oxygen atoms in total. The molecule has 0 amide bonds. The van der Waals surface area contributed by atoms with Crippen molar-refractivity contribution < 1.29 is 4.74 Å². The fraction of sp³-hybridized carbons (Fsp3) is 0.130. The van der Waals surface area contributed by atoms with Crippen molar-refractivity contribution in [3.05, 3.63) is 73.3 Å². The molecule has 0 unspecified atom stereocenters. The van der Waals surface area contributed by atoms with Gasteiger partial charge in [0.2, 0.25) is 0 Å². The zero-order chi connectivity index (χ0) is 21.8. The minimum atomic E-state index is 0.538. The summed E-state index contributed by atoms with van der Waals surface area (Å²) in [5.41, 5.74) is 2.72. The first-order chi connectivity index (χ1) is 15.8. The van der Waals surface area contributed by atoms with Gasteiger partial charge in [0.25, 0.3) is 0 Å². The summed E-state index contributed by atoms with van der Waals surface area (Å²) in [6.45, 7) is 1.15. The first kappa shape index (κ1) is 20.2. The Morgan fingerprint density at radius 3 is 2.31 bits per heavy atom. The van der Waals surface area contributed by atoms with Gasteiger partial charge in [-0.05, 0) is 42.1 Å². The molecule has 4 heterocycles. The molecule has 158 valence electrons. The third-order valence-electron chi connectivity index (χ3n) is 4.87. The quantitative estimate of drug-likeness (QED) is 0.348. The first-order valence-electron chi connectivity index (χ1n) is 10.0. The number of hydrogen-bond acceptors (Lipinski definition) is 8. The van der Waals surface area contributed by atoms with E-state index in [9.17, 15) is 0 Å². The SMILES string of the molecule is COCCn1c(Sc2nc(-c3ccncc3)nc3ccccc23)nnc1-c1ccncc1. The van der Waals surface area contributed by atoms with E-state index in [1.54, 1.807) is 31.9 Å². The highest BCUT2D eigenvalue weighted by atomic mass is 32.2. The molecule has 0 aliphatic rings. The van der Waals surface area contributed by atoms with Crippen molar-refractivity contribution in [2.75, 3.05) is 13.7 Å². The number of hydrogen-bond donors (Lipinski definition) is 0. The molecular weight excluding hydrogens is 422 g/mol. The molecule has 0 aliphatic carbocycles. The van der Waals surface area contributed by atoms with E-state index in [0.717, 1.165) is 38.0 Å². The maximum atomic E-state index is 5.33. The maximum absolute atomic E-state index is 5.33. The van der Waals surface area contributed by atoms with E-state index in [0.29, 0.717) is 19.0 Å². The number of rotatable bonds is 7. The number of methoxy groups -OCH3 is 1. The Kier molecular flexibility index (Phi) is 5.82. The lowest BCUT2D eigenvalue weighted by Gasteiger charge is -2.11. The van der Waals surface area contributed by atoms with E-state index >= 15 is 0 Å². The van der Waals surface area contributed by atoms with Crippen LogP contribution in [0, 0.1) is 0 Å². The van der Waals surface area contributed by atoms with Crippen LogP contribution in [0.2, 0.25) is 0 Å². The lowest BCUT2D eigenvalue weighted by Crippen LogP contribution is -2.07. The van der Waals surface area contributed by atoms with Crippen LogP contribution in [0.4, 0.5) is 0 Å². The average molecular weight is 442 g/mol. The number of aromatic nitrogens is 7. The van der Waals surface area contributed by atoms with Crippen LogP contribution in [0.15, 0.2) is 83.5 Å². The van der Waals surface area contributed by atoms with Crippen molar-refractivity contribution in [1.29, 1.82) is 0 Å². The Bertz CT molecular complexity index is 1340. The second kappa shape index (κ2) is 9.21. The van der Waals surface area contributed by atoms with E-state index < -0.39 is 0 Å². The molecule has 5 aromatic rings. The van der Waals surface area contributed by atoms with Crippen LogP contribution < -0.4 is 0 Å². The van der Waals surface area contributed by atoms with Gasteiger partial charge < -0.3 is 4.74 Å². The highest BCUT2D eigenvalue weighted by Crippen LogP contribution is 2.34. The molecule has 0 fully saturated rings. The maximum Gasteiger partial charge on any atom is 0.197 e. The Balaban J connectivity index is 1.61. The average Bonchev–Trinajstić information content (AvgIpc) is 3.26. The van der Waals surface area contributed by atoms with Crippen LogP contribution in [0.5, 0.6) is 0 Å². The van der Waals surface area contributed by atoms with Gasteiger partial charge in [0, 0.05) is 48.4 Å². The van der Waals surface area contributed by atoms with Crippen LogP contribution in [0.25, 0.3) is 33.7 Å². The smallest absolute Gasteiger partial charge is 0.197 e. The third kappa shape index (κ3) is 4.08. The normalized spacial score (nSPS) is 11.2. The molecule has 0 atom stereocenters. The molecule has 0 bridgehead atoms. The van der Waals surface area contributed by atoms with Gasteiger partial charge in [0.1, 0.15) is 5.03 Å². The van der Waals surface area contributed by atoms with E-state index in [2.05, 4.69) is 20.2 Å². The van der Waals surface area contributed by atoms with Gasteiger partial charge in [-0.25, -0.2) is 9.97 Å². The molecule has 0 radical (unpaired) electrons. The summed E-state index contributed by atoms with van der Waals surface area (Å²) in [6, 6.07) is 15.6. The van der Waals surface area contributed by atoms with E-state index in [4.69, 9.17) is 14.7 Å². The molecule has 5 rings (SSSR count). The number of benzene rings is 1. The van der Waals surface area contributed by atoms with Gasteiger partial charge in [0.15, 0.2) is 16.8 Å². The monoisotopic (exact) mass is 441 g/mol. The summed E-state index contributed by atoms with van der Waals surface area (Å²) in [4.78, 5) is 17.8. The van der Waals surface area contributed by atoms with Gasteiger partial charge in [-0.15, -0.1) is 10.2 Å². The number of fused-ring (bicyclic) bond motifs is 1. The molecule has 0 saturated carbocycles. The molecule has 0 N–H and O–H groups in total. The second-order valence-electron chi connectivity index (χ2n) is 6.89. The fourth-order valence-corrected chi connectivity index (χ4v) is 4.26. The van der Waals surface area contributed by atoms with Crippen LogP contribution in [-0.4, -0.2) is 48.4 Å². The molecule has 1 aromatic carbocycles. The standard InChI is InChI=1S/C23H19N7OS/c1-31-15-14-30-21(17-8-12-25-13-9-17)28-29-23(30)32-22-18-4-2-3-5-19(18)26-20(27-22)16-6-10-24-11-7-16/h2-13H,14-15H2,1H3. The lowest BCUT2D eigenvalue weighted by atomic mass is 10.2. The topological polar surface area (TPSA) is 91.5 Å². The number of nitrogens with zero attached hydrogens (tertiary/aromatic N) is 7. The van der Waals surface area contributed by atoms with Crippen LogP contribution in [-0.2, 0) is 11.3 Å². The van der Waals surface area contributed by atoms with Crippen LogP contribution >= 0.6 is 11.8 Å². The summed E-state index contributed by atoms with van der Waals surface area (Å²) >= 11 is 1.47. The lowest BCUT2D eigenvalue weighted by molar-refractivity contribution is 0.185. The summed E-state index contributed by atoms with van der Waals surface area (Å²) in [5, 5.41) is 11.4. The van der Waals surface area contributed by atoms with Gasteiger partial charge in [-0.3, -0.25) is 14.5 Å². The molecule has 0 aliphatic heterocycles. The Morgan fingerprint density at radius 1 is 0.844 bits per heavy atom. The molecule has 9 heteroatoms. The molecule has 4 aromatic heterocycles. The summed E-state index contributed by atoms with van der Waals surface area (Å²) in [7, 11) is 1.68. The van der Waals surface area contributed by atoms with Crippen molar-refractivity contribution in [2.24, 2.45) is 0 Å². The first-order valence-corrected chi connectivity index (χ1v) is 10.8. The molecule has 0 saturated heterocycles. The van der Waals surface area contributed by atoms with Crippen molar-refractivity contribution >= 4 is 22.7 Å². The summed E-state index contributed by atoms with van der Waals surface area (Å²) < 4.78 is 7.38. The van der Waals surface area contributed by atoms with Gasteiger partial charge in [0.05, 0.1) is 18.7 Å². The molecule has 0 spiro atoms. The van der Waals surface area contributed by atoms with Crippen molar-refractivity contribution in [3.8, 4) is 22.8 Å². The Hall–Kier alpha value is -3.69. The van der Waals surface area contributed by atoms with Gasteiger partial charge >= 0.3 is 0 Å². The minimum Gasteiger partial charge on any atom is -0.383 e. The molecule has 32 heavy (non-hydrogen) atoms. The van der Waals surface area contributed by atoms with E-state index in [1.807, 2.05) is 53.1 Å². The highest BCUT2D eigenvalue weighted by Gasteiger charge is 2.18. The van der Waals surface area contributed by atoms with Gasteiger partial charge in [-0.2, -0.15) is 0 Å². The van der Waals surface area contributed by atoms with E-state index in [-0.39, 0.29) is 0 Å². The minimum absolute atomic E-state index is 0.538. The summed E-state index contributed by atoms with van der Waals surface area (Å²) in [5.74, 6) is 1.41. The zero-order valence-electron chi connectivity index (χ0n) is 17.3. The predicted molar refractivity (Wildman–Crippen MR) is 122 cm³/mol. The number of para-hydroxylation sites is 1. The second-order valence-corrected chi connectivity index (χ2v) is 7.85.